The molecule has 3 rings (SSSR count). The Balaban J connectivity index is 2.00. The van der Waals surface area contributed by atoms with Crippen molar-refractivity contribution >= 4 is 5.69 Å². The quantitative estimate of drug-likeness (QED) is 0.777. The van der Waals surface area contributed by atoms with Gasteiger partial charge in [0.2, 0.25) is 0 Å². The molecule has 0 radical (unpaired) electrons. The van der Waals surface area contributed by atoms with Gasteiger partial charge in [-0.25, -0.2) is 4.39 Å². The smallest absolute Gasteiger partial charge is 0.125 e. The molecule has 1 aliphatic carbocycles. The molecule has 1 fully saturated rings. The molecule has 0 spiro atoms. The summed E-state index contributed by atoms with van der Waals surface area (Å²) < 4.78 is 13.1. The summed E-state index contributed by atoms with van der Waals surface area (Å²) in [7, 11) is 0. The van der Waals surface area contributed by atoms with E-state index in [1.165, 1.54) is 37.0 Å². The van der Waals surface area contributed by atoms with Crippen molar-refractivity contribution in [2.45, 2.75) is 25.2 Å². The minimum absolute atomic E-state index is 0.286. The van der Waals surface area contributed by atoms with Gasteiger partial charge in [-0.1, -0.05) is 30.7 Å². The first-order valence-electron chi connectivity index (χ1n) is 6.39. The summed E-state index contributed by atoms with van der Waals surface area (Å²) in [5, 5.41) is 0. The van der Waals surface area contributed by atoms with E-state index in [9.17, 15) is 4.39 Å². The van der Waals surface area contributed by atoms with Gasteiger partial charge in [0.05, 0.1) is 0 Å². The number of benzene rings is 2. The van der Waals surface area contributed by atoms with Gasteiger partial charge in [-0.05, 0) is 48.1 Å². The Hall–Kier alpha value is -1.83. The van der Waals surface area contributed by atoms with Crippen LogP contribution in [0.4, 0.5) is 10.1 Å². The van der Waals surface area contributed by atoms with E-state index in [4.69, 9.17) is 5.73 Å². The molecule has 1 aliphatic rings. The van der Waals surface area contributed by atoms with Gasteiger partial charge < -0.3 is 5.73 Å². The van der Waals surface area contributed by atoms with Crippen molar-refractivity contribution in [3.05, 3.63) is 53.8 Å². The molecule has 0 atom stereocenters. The fourth-order valence-corrected chi connectivity index (χ4v) is 2.50. The normalized spacial score (nSPS) is 15.4. The molecule has 0 saturated heterocycles. The van der Waals surface area contributed by atoms with Crippen molar-refractivity contribution in [2.24, 2.45) is 0 Å². The molecule has 2 heteroatoms. The van der Waals surface area contributed by atoms with Crippen LogP contribution in [0.5, 0.6) is 0 Å². The van der Waals surface area contributed by atoms with E-state index in [1.54, 1.807) is 6.07 Å². The maximum Gasteiger partial charge on any atom is 0.125 e. The third-order valence-corrected chi connectivity index (χ3v) is 3.79. The fourth-order valence-electron chi connectivity index (χ4n) is 2.50. The summed E-state index contributed by atoms with van der Waals surface area (Å²) in [4.78, 5) is 0. The second kappa shape index (κ2) is 4.45. The molecule has 0 amide bonds. The molecule has 0 bridgehead atoms. The van der Waals surface area contributed by atoms with Gasteiger partial charge in [-0.2, -0.15) is 0 Å². The van der Waals surface area contributed by atoms with Crippen LogP contribution in [0.2, 0.25) is 0 Å². The van der Waals surface area contributed by atoms with Crippen molar-refractivity contribution < 1.29 is 4.39 Å². The predicted octanol–water partition coefficient (Wildman–Crippen LogP) is 4.34. The molecular weight excluding hydrogens is 225 g/mol. The molecule has 0 unspecified atom stereocenters. The number of nitrogen functional groups attached to an aromatic ring is 1. The standard InChI is InChI=1S/C16H16FN/c17-14-7-8-15(16(18)10-14)13-6-2-5-12(9-13)11-3-1-4-11/h2,5-11H,1,3-4,18H2. The van der Waals surface area contributed by atoms with Gasteiger partial charge in [0.1, 0.15) is 5.82 Å². The first kappa shape index (κ1) is 11.3. The highest BCUT2D eigenvalue weighted by molar-refractivity contribution is 5.76. The highest BCUT2D eigenvalue weighted by atomic mass is 19.1. The Morgan fingerprint density at radius 2 is 1.89 bits per heavy atom. The van der Waals surface area contributed by atoms with Gasteiger partial charge in [-0.15, -0.1) is 0 Å². The van der Waals surface area contributed by atoms with Crippen molar-refractivity contribution in [2.75, 3.05) is 5.73 Å². The summed E-state index contributed by atoms with van der Waals surface area (Å²) >= 11 is 0. The third kappa shape index (κ3) is 1.99. The minimum atomic E-state index is -0.286. The fraction of sp³-hybridized carbons (Fsp3) is 0.250. The number of hydrogen-bond acceptors (Lipinski definition) is 1. The van der Waals surface area contributed by atoms with Gasteiger partial charge in [-0.3, -0.25) is 0 Å². The summed E-state index contributed by atoms with van der Waals surface area (Å²) in [6.45, 7) is 0. The van der Waals surface area contributed by atoms with E-state index in [0.717, 1.165) is 11.1 Å². The van der Waals surface area contributed by atoms with Crippen molar-refractivity contribution in [3.63, 3.8) is 0 Å². The Bertz CT molecular complexity index is 573. The van der Waals surface area contributed by atoms with Gasteiger partial charge in [0.25, 0.3) is 0 Å². The number of nitrogens with two attached hydrogens (primary N) is 1. The van der Waals surface area contributed by atoms with E-state index < -0.39 is 0 Å². The topological polar surface area (TPSA) is 26.0 Å². The first-order chi connectivity index (χ1) is 8.74. The predicted molar refractivity (Wildman–Crippen MR) is 72.8 cm³/mol. The average molecular weight is 241 g/mol. The number of halogens is 1. The Kier molecular flexibility index (Phi) is 2.78. The summed E-state index contributed by atoms with van der Waals surface area (Å²) in [6, 6.07) is 13.1. The first-order valence-corrected chi connectivity index (χ1v) is 6.39. The van der Waals surface area contributed by atoms with E-state index >= 15 is 0 Å². The second-order valence-corrected chi connectivity index (χ2v) is 4.98. The Morgan fingerprint density at radius 3 is 2.56 bits per heavy atom. The van der Waals surface area contributed by atoms with Crippen LogP contribution in [0.15, 0.2) is 42.5 Å². The van der Waals surface area contributed by atoms with Crippen LogP contribution in [0, 0.1) is 5.82 Å². The zero-order valence-electron chi connectivity index (χ0n) is 10.2. The lowest BCUT2D eigenvalue weighted by molar-refractivity contribution is 0.420. The Labute approximate surface area is 106 Å². The average Bonchev–Trinajstić information content (AvgIpc) is 2.27. The molecule has 1 nitrogen and oxygen atoms in total. The second-order valence-electron chi connectivity index (χ2n) is 4.98. The van der Waals surface area contributed by atoms with E-state index in [1.807, 2.05) is 6.07 Å². The van der Waals surface area contributed by atoms with Crippen LogP contribution in [0.25, 0.3) is 11.1 Å². The van der Waals surface area contributed by atoms with E-state index in [-0.39, 0.29) is 5.82 Å². The molecule has 2 N–H and O–H groups in total. The van der Waals surface area contributed by atoms with Crippen LogP contribution in [-0.2, 0) is 0 Å². The minimum Gasteiger partial charge on any atom is -0.398 e. The van der Waals surface area contributed by atoms with Crippen LogP contribution in [-0.4, -0.2) is 0 Å². The number of hydrogen-bond donors (Lipinski definition) is 1. The van der Waals surface area contributed by atoms with Gasteiger partial charge in [0.15, 0.2) is 0 Å². The Morgan fingerprint density at radius 1 is 1.06 bits per heavy atom. The van der Waals surface area contributed by atoms with Crippen LogP contribution >= 0.6 is 0 Å². The highest BCUT2D eigenvalue weighted by Gasteiger charge is 2.19. The molecule has 0 heterocycles. The molecule has 0 aliphatic heterocycles. The van der Waals surface area contributed by atoms with Crippen molar-refractivity contribution in [1.82, 2.24) is 0 Å². The highest BCUT2D eigenvalue weighted by Crippen LogP contribution is 2.38. The monoisotopic (exact) mass is 241 g/mol. The van der Waals surface area contributed by atoms with Gasteiger partial charge in [0, 0.05) is 11.3 Å². The van der Waals surface area contributed by atoms with Crippen molar-refractivity contribution in [3.8, 4) is 11.1 Å². The summed E-state index contributed by atoms with van der Waals surface area (Å²) in [6.07, 6.45) is 3.89. The number of anilines is 1. The lowest BCUT2D eigenvalue weighted by atomic mass is 9.79. The van der Waals surface area contributed by atoms with Crippen LogP contribution in [0.1, 0.15) is 30.7 Å². The zero-order chi connectivity index (χ0) is 12.5. The molecule has 2 aromatic rings. The lowest BCUT2D eigenvalue weighted by Gasteiger charge is -2.26. The van der Waals surface area contributed by atoms with E-state index in [0.29, 0.717) is 11.6 Å². The third-order valence-electron chi connectivity index (χ3n) is 3.79. The maximum atomic E-state index is 13.1. The molecule has 18 heavy (non-hydrogen) atoms. The molecule has 92 valence electrons. The molecular formula is C16H16FN. The summed E-state index contributed by atoms with van der Waals surface area (Å²) in [5.74, 6) is 0.415. The van der Waals surface area contributed by atoms with Crippen LogP contribution < -0.4 is 5.73 Å². The van der Waals surface area contributed by atoms with Crippen molar-refractivity contribution in [1.29, 1.82) is 0 Å². The maximum absolute atomic E-state index is 13.1. The SMILES string of the molecule is Nc1cc(F)ccc1-c1cccc(C2CCC2)c1. The van der Waals surface area contributed by atoms with Gasteiger partial charge >= 0.3 is 0 Å². The number of rotatable bonds is 2. The summed E-state index contributed by atoms with van der Waals surface area (Å²) in [5.41, 5.74) is 9.76. The zero-order valence-corrected chi connectivity index (χ0v) is 10.2. The molecule has 1 saturated carbocycles. The van der Waals surface area contributed by atoms with E-state index in [2.05, 4.69) is 18.2 Å². The largest absolute Gasteiger partial charge is 0.398 e. The molecule has 0 aromatic heterocycles. The lowest BCUT2D eigenvalue weighted by Crippen LogP contribution is -2.08. The van der Waals surface area contributed by atoms with Crippen LogP contribution in [0.3, 0.4) is 0 Å². The molecule has 2 aromatic carbocycles.